The van der Waals surface area contributed by atoms with Gasteiger partial charge in [-0.15, -0.1) is 0 Å². The molecule has 1 N–H and O–H groups in total. The molecule has 2 aromatic heterocycles. The van der Waals surface area contributed by atoms with Crippen molar-refractivity contribution in [2.75, 3.05) is 0 Å². The van der Waals surface area contributed by atoms with Gasteiger partial charge in [-0.3, -0.25) is 14.4 Å². The highest BCUT2D eigenvalue weighted by Gasteiger charge is 2.13. The third-order valence-corrected chi connectivity index (χ3v) is 3.70. The fraction of sp³-hybridized carbons (Fsp3) is 0.0625. The summed E-state index contributed by atoms with van der Waals surface area (Å²) in [6.07, 6.45) is 3.20. The smallest absolute Gasteiger partial charge is 0.279 e. The van der Waals surface area contributed by atoms with E-state index < -0.39 is 16.7 Å². The minimum atomic E-state index is -0.681. The Bertz CT molecular complexity index is 1040. The summed E-state index contributed by atoms with van der Waals surface area (Å²) < 4.78 is 2.45. The van der Waals surface area contributed by atoms with Gasteiger partial charge in [0.05, 0.1) is 6.54 Å². The molecule has 1 aromatic carbocycles. The van der Waals surface area contributed by atoms with Crippen molar-refractivity contribution in [3.63, 3.8) is 0 Å². The monoisotopic (exact) mass is 330 g/mol. The van der Waals surface area contributed by atoms with Crippen LogP contribution in [0.4, 0.5) is 0 Å². The minimum Gasteiger partial charge on any atom is -0.503 e. The number of halogens is 1. The van der Waals surface area contributed by atoms with E-state index in [4.69, 9.17) is 11.6 Å². The van der Waals surface area contributed by atoms with Gasteiger partial charge in [0, 0.05) is 23.5 Å². The largest absolute Gasteiger partial charge is 0.503 e. The molecule has 0 unspecified atom stereocenters. The Balaban J connectivity index is 2.28. The lowest BCUT2D eigenvalue weighted by molar-refractivity contribution is 0.111. The van der Waals surface area contributed by atoms with E-state index >= 15 is 0 Å². The molecule has 2 heterocycles. The van der Waals surface area contributed by atoms with Gasteiger partial charge in [-0.05, 0) is 17.7 Å². The first-order valence-corrected chi connectivity index (χ1v) is 7.06. The van der Waals surface area contributed by atoms with Crippen molar-refractivity contribution >= 4 is 23.4 Å². The molecule has 0 radical (unpaired) electrons. The minimum absolute atomic E-state index is 0.136. The molecule has 0 aliphatic carbocycles. The lowest BCUT2D eigenvalue weighted by Crippen LogP contribution is -2.26. The second-order valence-corrected chi connectivity index (χ2v) is 5.42. The number of carbonyl (C=O) groups is 1. The van der Waals surface area contributed by atoms with E-state index in [1.807, 2.05) is 0 Å². The van der Waals surface area contributed by atoms with Gasteiger partial charge in [-0.1, -0.05) is 23.7 Å². The van der Waals surface area contributed by atoms with Crippen LogP contribution < -0.4 is 11.0 Å². The van der Waals surface area contributed by atoms with E-state index in [9.17, 15) is 19.5 Å². The first-order chi connectivity index (χ1) is 11.0. The average molecular weight is 331 g/mol. The summed E-state index contributed by atoms with van der Waals surface area (Å²) in [6.45, 7) is 0.152. The maximum Gasteiger partial charge on any atom is 0.279 e. The highest BCUT2D eigenvalue weighted by Crippen LogP contribution is 2.14. The van der Waals surface area contributed by atoms with Gasteiger partial charge in [-0.2, -0.15) is 0 Å². The molecule has 0 fully saturated rings. The number of hydrogen-bond donors (Lipinski definition) is 1. The van der Waals surface area contributed by atoms with Crippen molar-refractivity contribution in [1.82, 2.24) is 8.97 Å². The third kappa shape index (κ3) is 2.64. The van der Waals surface area contributed by atoms with Crippen molar-refractivity contribution in [3.05, 3.63) is 79.6 Å². The molecule has 0 saturated carbocycles. The molecule has 6 nitrogen and oxygen atoms in total. The van der Waals surface area contributed by atoms with Crippen LogP contribution in [0.1, 0.15) is 16.1 Å². The van der Waals surface area contributed by atoms with E-state index in [0.717, 1.165) is 11.6 Å². The quantitative estimate of drug-likeness (QED) is 0.741. The van der Waals surface area contributed by atoms with E-state index in [2.05, 4.69) is 0 Å². The number of benzene rings is 1. The molecule has 0 saturated heterocycles. The standard InChI is InChI=1S/C16H11ClN2O4/c17-11-3-1-2-10(6-11)7-18-8-12(9-20)19-5-4-13(21)15(22)14(19)16(18)23/h1-6,8-9,22H,7H2. The molecule has 116 valence electrons. The van der Waals surface area contributed by atoms with E-state index in [-0.39, 0.29) is 17.8 Å². The molecule has 0 aliphatic rings. The zero-order valence-electron chi connectivity index (χ0n) is 11.8. The van der Waals surface area contributed by atoms with E-state index in [1.165, 1.54) is 21.4 Å². The third-order valence-electron chi connectivity index (χ3n) is 3.47. The predicted molar refractivity (Wildman–Crippen MR) is 85.5 cm³/mol. The van der Waals surface area contributed by atoms with Crippen LogP contribution in [0.2, 0.25) is 5.02 Å². The highest BCUT2D eigenvalue weighted by atomic mass is 35.5. The van der Waals surface area contributed by atoms with Crippen LogP contribution in [-0.2, 0) is 6.54 Å². The first-order valence-electron chi connectivity index (χ1n) is 6.68. The fourth-order valence-corrected chi connectivity index (χ4v) is 2.61. The van der Waals surface area contributed by atoms with Crippen molar-refractivity contribution in [3.8, 4) is 5.75 Å². The van der Waals surface area contributed by atoms with Gasteiger partial charge in [0.15, 0.2) is 17.6 Å². The molecule has 0 aliphatic heterocycles. The Labute approximate surface area is 134 Å². The molecular weight excluding hydrogens is 320 g/mol. The van der Waals surface area contributed by atoms with Gasteiger partial charge < -0.3 is 14.1 Å². The van der Waals surface area contributed by atoms with Crippen molar-refractivity contribution in [2.45, 2.75) is 6.54 Å². The second-order valence-electron chi connectivity index (χ2n) is 4.98. The van der Waals surface area contributed by atoms with Crippen molar-refractivity contribution in [1.29, 1.82) is 0 Å². The van der Waals surface area contributed by atoms with Crippen LogP contribution in [0.3, 0.4) is 0 Å². The number of hydrogen-bond acceptors (Lipinski definition) is 4. The van der Waals surface area contributed by atoms with Gasteiger partial charge in [0.1, 0.15) is 5.69 Å². The van der Waals surface area contributed by atoms with Crippen molar-refractivity contribution < 1.29 is 9.90 Å². The maximum atomic E-state index is 12.6. The molecule has 0 atom stereocenters. The molecule has 3 rings (SSSR count). The van der Waals surface area contributed by atoms with Gasteiger partial charge in [0.2, 0.25) is 5.43 Å². The summed E-state index contributed by atoms with van der Waals surface area (Å²) in [5, 5.41) is 10.4. The summed E-state index contributed by atoms with van der Waals surface area (Å²) in [6, 6.07) is 8.01. The summed E-state index contributed by atoms with van der Waals surface area (Å²) in [5.41, 5.74) is -0.607. The maximum absolute atomic E-state index is 12.6. The lowest BCUT2D eigenvalue weighted by atomic mass is 10.2. The Morgan fingerprint density at radius 1 is 1.22 bits per heavy atom. The van der Waals surface area contributed by atoms with Gasteiger partial charge in [-0.25, -0.2) is 0 Å². The fourth-order valence-electron chi connectivity index (χ4n) is 2.40. The van der Waals surface area contributed by atoms with Crippen LogP contribution in [0.25, 0.3) is 5.52 Å². The number of aromatic hydroxyl groups is 1. The van der Waals surface area contributed by atoms with E-state index in [0.29, 0.717) is 11.3 Å². The Hall–Kier alpha value is -2.86. The Morgan fingerprint density at radius 3 is 2.70 bits per heavy atom. The topological polar surface area (TPSA) is 80.8 Å². The highest BCUT2D eigenvalue weighted by molar-refractivity contribution is 6.30. The molecule has 0 amide bonds. The normalized spacial score (nSPS) is 10.8. The summed E-state index contributed by atoms with van der Waals surface area (Å²) in [5.74, 6) is -0.680. The predicted octanol–water partition coefficient (Wildman–Crippen LogP) is 1.68. The average Bonchev–Trinajstić information content (AvgIpc) is 2.53. The Morgan fingerprint density at radius 2 is 2.00 bits per heavy atom. The first kappa shape index (κ1) is 15.1. The molecular formula is C16H11ClN2O4. The van der Waals surface area contributed by atoms with Gasteiger partial charge >= 0.3 is 0 Å². The zero-order valence-corrected chi connectivity index (χ0v) is 12.5. The van der Waals surface area contributed by atoms with Crippen LogP contribution in [-0.4, -0.2) is 20.4 Å². The number of rotatable bonds is 3. The number of fused-ring (bicyclic) bond motifs is 1. The van der Waals surface area contributed by atoms with Crippen LogP contribution in [0.5, 0.6) is 5.75 Å². The van der Waals surface area contributed by atoms with E-state index in [1.54, 1.807) is 24.3 Å². The van der Waals surface area contributed by atoms with Crippen LogP contribution in [0.15, 0.2) is 52.3 Å². The molecule has 0 spiro atoms. The Kier molecular flexibility index (Phi) is 3.75. The number of aldehydes is 1. The zero-order chi connectivity index (χ0) is 16.6. The lowest BCUT2D eigenvalue weighted by Gasteiger charge is -2.11. The number of aromatic nitrogens is 2. The number of carbonyl (C=O) groups excluding carboxylic acids is 1. The summed E-state index contributed by atoms with van der Waals surface area (Å²) in [4.78, 5) is 35.4. The van der Waals surface area contributed by atoms with Crippen molar-refractivity contribution in [2.24, 2.45) is 0 Å². The van der Waals surface area contributed by atoms with Crippen LogP contribution >= 0.6 is 11.6 Å². The number of nitrogens with zero attached hydrogens (tertiary/aromatic N) is 2. The SMILES string of the molecule is O=Cc1cn(Cc2cccc(Cl)c2)c(=O)c2c(O)c(=O)ccn12. The summed E-state index contributed by atoms with van der Waals surface area (Å²) >= 11 is 5.92. The van der Waals surface area contributed by atoms with Crippen LogP contribution in [0, 0.1) is 0 Å². The van der Waals surface area contributed by atoms with Gasteiger partial charge in [0.25, 0.3) is 5.56 Å². The molecule has 3 aromatic rings. The number of pyridine rings is 1. The molecule has 0 bridgehead atoms. The molecule has 7 heteroatoms. The second kappa shape index (κ2) is 5.73. The molecule has 23 heavy (non-hydrogen) atoms. The summed E-state index contributed by atoms with van der Waals surface area (Å²) in [7, 11) is 0.